The molecule has 0 spiro atoms. The molecule has 0 fully saturated rings. The summed E-state index contributed by atoms with van der Waals surface area (Å²) in [5.74, 6) is 0. The molecule has 0 saturated carbocycles. The van der Waals surface area contributed by atoms with E-state index < -0.39 is 0 Å². The number of halogens is 2. The first-order chi connectivity index (χ1) is 8.65. The highest BCUT2D eigenvalue weighted by Crippen LogP contribution is 2.12. The lowest BCUT2D eigenvalue weighted by Crippen LogP contribution is -1.91. The first kappa shape index (κ1) is 16.1. The maximum atomic E-state index is 5.84. The fraction of sp³-hybridized carbons (Fsp3) is 0.0625. The van der Waals surface area contributed by atoms with Crippen LogP contribution in [-0.4, -0.2) is 4.86 Å². The van der Waals surface area contributed by atoms with Crippen LogP contribution in [0.15, 0.2) is 54.6 Å². The van der Waals surface area contributed by atoms with E-state index in [0.717, 1.165) is 21.0 Å². The molecule has 19 heavy (non-hydrogen) atoms. The van der Waals surface area contributed by atoms with Gasteiger partial charge in [0.15, 0.2) is 0 Å². The molecular weight excluding hydrogens is 340 g/mol. The number of benzene rings is 2. The van der Waals surface area contributed by atoms with Crippen LogP contribution >= 0.6 is 40.8 Å². The fourth-order valence-electron chi connectivity index (χ4n) is 1.56. The zero-order valence-electron chi connectivity index (χ0n) is 10.5. The van der Waals surface area contributed by atoms with E-state index in [4.69, 9.17) is 23.8 Å². The molecule has 2 aromatic carbocycles. The third kappa shape index (κ3) is 4.90. The van der Waals surface area contributed by atoms with Crippen molar-refractivity contribution in [3.8, 4) is 0 Å². The maximum absolute atomic E-state index is 5.84. The summed E-state index contributed by atoms with van der Waals surface area (Å²) < 4.78 is 0. The highest BCUT2D eigenvalue weighted by Gasteiger charge is 1.96. The molecule has 0 aromatic heterocycles. The molecule has 0 aliphatic carbocycles. The summed E-state index contributed by atoms with van der Waals surface area (Å²) in [6, 6.07) is 15.9. The van der Waals surface area contributed by atoms with Crippen molar-refractivity contribution in [3.05, 3.63) is 76.3 Å². The van der Waals surface area contributed by atoms with E-state index in [1.807, 2.05) is 48.6 Å². The van der Waals surface area contributed by atoms with Crippen LogP contribution in [0.3, 0.4) is 0 Å². The van der Waals surface area contributed by atoms with Gasteiger partial charge in [-0.05, 0) is 36.3 Å². The molecule has 2 rings (SSSR count). The second-order valence-electron chi connectivity index (χ2n) is 4.12. The molecule has 0 aliphatic heterocycles. The standard InChI is InChI=1S/C16H13ClS.BrH/c1-12-2-7-14(8-3-12)16(18)11-6-13-4-9-15(17)10-5-13;/h2-11H,1H3;1H. The van der Waals surface area contributed by atoms with Gasteiger partial charge in [0, 0.05) is 9.89 Å². The van der Waals surface area contributed by atoms with E-state index in [1.165, 1.54) is 5.56 Å². The number of hydrogen-bond donors (Lipinski definition) is 0. The van der Waals surface area contributed by atoms with E-state index in [1.54, 1.807) is 0 Å². The molecule has 0 unspecified atom stereocenters. The maximum Gasteiger partial charge on any atom is 0.0449 e. The van der Waals surface area contributed by atoms with Crippen molar-refractivity contribution in [3.63, 3.8) is 0 Å². The van der Waals surface area contributed by atoms with Gasteiger partial charge in [0.2, 0.25) is 0 Å². The molecule has 0 nitrogen and oxygen atoms in total. The van der Waals surface area contributed by atoms with Gasteiger partial charge >= 0.3 is 0 Å². The van der Waals surface area contributed by atoms with Gasteiger partial charge in [0.1, 0.15) is 0 Å². The van der Waals surface area contributed by atoms with Crippen LogP contribution in [-0.2, 0) is 0 Å². The molecule has 2 aromatic rings. The Hall–Kier alpha value is -0.960. The summed E-state index contributed by atoms with van der Waals surface area (Å²) in [6.07, 6.45) is 3.95. The fourth-order valence-corrected chi connectivity index (χ4v) is 1.89. The van der Waals surface area contributed by atoms with Crippen molar-refractivity contribution < 1.29 is 0 Å². The van der Waals surface area contributed by atoms with Crippen molar-refractivity contribution in [2.24, 2.45) is 0 Å². The van der Waals surface area contributed by atoms with Crippen LogP contribution in [0.2, 0.25) is 5.02 Å². The van der Waals surface area contributed by atoms with Gasteiger partial charge in [0.05, 0.1) is 0 Å². The molecule has 0 atom stereocenters. The summed E-state index contributed by atoms with van der Waals surface area (Å²) in [4.78, 5) is 0.838. The number of aryl methyl sites for hydroxylation is 1. The predicted molar refractivity (Wildman–Crippen MR) is 93.7 cm³/mol. The molecule has 0 radical (unpaired) electrons. The molecular formula is C16H14BrClS. The SMILES string of the molecule is Br.Cc1ccc(C(=S)C=Cc2ccc(Cl)cc2)cc1. The van der Waals surface area contributed by atoms with Crippen LogP contribution in [0.25, 0.3) is 6.08 Å². The van der Waals surface area contributed by atoms with Gasteiger partial charge in [-0.1, -0.05) is 71.9 Å². The van der Waals surface area contributed by atoms with Gasteiger partial charge < -0.3 is 0 Å². The molecule has 0 heterocycles. The van der Waals surface area contributed by atoms with Crippen LogP contribution in [0.5, 0.6) is 0 Å². The van der Waals surface area contributed by atoms with Crippen LogP contribution in [0.1, 0.15) is 16.7 Å². The van der Waals surface area contributed by atoms with E-state index in [0.29, 0.717) is 0 Å². The van der Waals surface area contributed by atoms with Gasteiger partial charge in [-0.15, -0.1) is 17.0 Å². The monoisotopic (exact) mass is 352 g/mol. The molecule has 3 heteroatoms. The number of allylic oxidation sites excluding steroid dienone is 1. The second-order valence-corrected chi connectivity index (χ2v) is 4.99. The summed E-state index contributed by atoms with van der Waals surface area (Å²) in [6.45, 7) is 2.07. The molecule has 98 valence electrons. The van der Waals surface area contributed by atoms with Crippen molar-refractivity contribution >= 4 is 51.7 Å². The van der Waals surface area contributed by atoms with E-state index >= 15 is 0 Å². The molecule has 0 aliphatic rings. The van der Waals surface area contributed by atoms with Crippen molar-refractivity contribution in [2.75, 3.05) is 0 Å². The lowest BCUT2D eigenvalue weighted by atomic mass is 10.1. The first-order valence-electron chi connectivity index (χ1n) is 5.70. The van der Waals surface area contributed by atoms with Gasteiger partial charge in [-0.3, -0.25) is 0 Å². The predicted octanol–water partition coefficient (Wildman–Crippen LogP) is 5.66. The van der Waals surface area contributed by atoms with Crippen molar-refractivity contribution in [1.82, 2.24) is 0 Å². The molecule has 0 bridgehead atoms. The van der Waals surface area contributed by atoms with E-state index in [2.05, 4.69) is 19.1 Å². The Labute approximate surface area is 134 Å². The molecule has 0 amide bonds. The first-order valence-corrected chi connectivity index (χ1v) is 6.48. The Morgan fingerprint density at radius 2 is 1.58 bits per heavy atom. The molecule has 0 saturated heterocycles. The number of hydrogen-bond acceptors (Lipinski definition) is 1. The summed E-state index contributed by atoms with van der Waals surface area (Å²) in [5, 5.41) is 0.744. The van der Waals surface area contributed by atoms with Crippen LogP contribution in [0, 0.1) is 6.92 Å². The average Bonchev–Trinajstić information content (AvgIpc) is 2.38. The van der Waals surface area contributed by atoms with E-state index in [-0.39, 0.29) is 17.0 Å². The highest BCUT2D eigenvalue weighted by atomic mass is 79.9. The summed E-state index contributed by atoms with van der Waals surface area (Å²) in [7, 11) is 0. The molecule has 0 N–H and O–H groups in total. The van der Waals surface area contributed by atoms with Gasteiger partial charge in [-0.25, -0.2) is 0 Å². The summed E-state index contributed by atoms with van der Waals surface area (Å²) in [5.41, 5.74) is 3.40. The average molecular weight is 354 g/mol. The highest BCUT2D eigenvalue weighted by molar-refractivity contribution is 8.93. The number of rotatable bonds is 3. The lowest BCUT2D eigenvalue weighted by molar-refractivity contribution is 1.47. The largest absolute Gasteiger partial charge is 0.114 e. The Morgan fingerprint density at radius 3 is 2.16 bits per heavy atom. The van der Waals surface area contributed by atoms with Crippen LogP contribution in [0.4, 0.5) is 0 Å². The van der Waals surface area contributed by atoms with E-state index in [9.17, 15) is 0 Å². The minimum Gasteiger partial charge on any atom is -0.114 e. The third-order valence-corrected chi connectivity index (χ3v) is 3.26. The second kappa shape index (κ2) is 7.59. The van der Waals surface area contributed by atoms with Crippen molar-refractivity contribution in [2.45, 2.75) is 6.92 Å². The quantitative estimate of drug-likeness (QED) is 0.390. The normalized spacial score (nSPS) is 10.2. The zero-order chi connectivity index (χ0) is 13.0. The lowest BCUT2D eigenvalue weighted by Gasteiger charge is -1.99. The Bertz CT molecular complexity index is 571. The Balaban J connectivity index is 0.00000180. The topological polar surface area (TPSA) is 0 Å². The zero-order valence-corrected chi connectivity index (χ0v) is 13.8. The Kier molecular flexibility index (Phi) is 6.43. The minimum absolute atomic E-state index is 0. The minimum atomic E-state index is 0. The van der Waals surface area contributed by atoms with Gasteiger partial charge in [0.25, 0.3) is 0 Å². The Morgan fingerprint density at radius 1 is 1.00 bits per heavy atom. The third-order valence-electron chi connectivity index (χ3n) is 2.63. The van der Waals surface area contributed by atoms with Crippen LogP contribution < -0.4 is 0 Å². The smallest absolute Gasteiger partial charge is 0.0449 e. The van der Waals surface area contributed by atoms with Gasteiger partial charge in [-0.2, -0.15) is 0 Å². The number of thiocarbonyl (C=S) groups is 1. The van der Waals surface area contributed by atoms with Crippen molar-refractivity contribution in [1.29, 1.82) is 0 Å². The summed E-state index contributed by atoms with van der Waals surface area (Å²) >= 11 is 11.2.